The van der Waals surface area contributed by atoms with E-state index in [1.54, 1.807) is 13.4 Å². The molecule has 5 rings (SSSR count). The van der Waals surface area contributed by atoms with E-state index >= 15 is 0 Å². The maximum absolute atomic E-state index is 6.19. The van der Waals surface area contributed by atoms with E-state index in [2.05, 4.69) is 64.8 Å². The van der Waals surface area contributed by atoms with Crippen molar-refractivity contribution >= 4 is 11.5 Å². The molecule has 3 heterocycles. The number of aliphatic imine (C=N–C) groups is 1. The fraction of sp³-hybridized carbons (Fsp3) is 0.560. The molecule has 0 bridgehead atoms. The monoisotopic (exact) mass is 435 g/mol. The molecule has 1 aromatic carbocycles. The topological polar surface area (TPSA) is 63.1 Å². The molecule has 0 amide bonds. The fourth-order valence-electron chi connectivity index (χ4n) is 4.83. The van der Waals surface area contributed by atoms with Crippen molar-refractivity contribution in [3.05, 3.63) is 47.4 Å². The summed E-state index contributed by atoms with van der Waals surface area (Å²) < 4.78 is 11.5. The number of fused-ring (bicyclic) bond motifs is 1. The predicted octanol–water partition coefficient (Wildman–Crippen LogP) is 3.30. The lowest BCUT2D eigenvalue weighted by molar-refractivity contribution is 0.0678. The van der Waals surface area contributed by atoms with Crippen LogP contribution in [0.25, 0.3) is 0 Å². The van der Waals surface area contributed by atoms with Crippen LogP contribution in [-0.2, 0) is 11.3 Å². The Balaban J connectivity index is 1.33. The second-order valence-corrected chi connectivity index (χ2v) is 9.63. The normalized spacial score (nSPS) is 22.9. The largest absolute Gasteiger partial charge is 0.488 e. The van der Waals surface area contributed by atoms with Gasteiger partial charge in [0, 0.05) is 50.5 Å². The molecule has 32 heavy (non-hydrogen) atoms. The van der Waals surface area contributed by atoms with Crippen molar-refractivity contribution in [2.75, 3.05) is 38.3 Å². The van der Waals surface area contributed by atoms with E-state index in [9.17, 15) is 0 Å². The molecule has 0 spiro atoms. The van der Waals surface area contributed by atoms with Crippen molar-refractivity contribution in [3.8, 4) is 5.75 Å². The lowest BCUT2D eigenvalue weighted by Crippen LogP contribution is -2.56. The first kappa shape index (κ1) is 21.3. The second kappa shape index (κ2) is 8.45. The second-order valence-electron chi connectivity index (χ2n) is 9.63. The van der Waals surface area contributed by atoms with E-state index in [0.29, 0.717) is 18.6 Å². The van der Waals surface area contributed by atoms with E-state index < -0.39 is 0 Å². The zero-order valence-corrected chi connectivity index (χ0v) is 19.5. The SMILES string of the molecule is COCC(C)N1CCN(c2cc(C3=NCc4ccc(OC5(C)CC5)cc43)ncn2)C[C@@H]1C. The first-order valence-electron chi connectivity index (χ1n) is 11.6. The van der Waals surface area contributed by atoms with Gasteiger partial charge in [0.2, 0.25) is 0 Å². The number of anilines is 1. The summed E-state index contributed by atoms with van der Waals surface area (Å²) in [4.78, 5) is 18.9. The van der Waals surface area contributed by atoms with E-state index in [-0.39, 0.29) is 5.60 Å². The average molecular weight is 436 g/mol. The summed E-state index contributed by atoms with van der Waals surface area (Å²) in [6, 6.07) is 9.27. The van der Waals surface area contributed by atoms with Gasteiger partial charge in [-0.2, -0.15) is 0 Å². The highest BCUT2D eigenvalue weighted by Gasteiger charge is 2.40. The summed E-state index contributed by atoms with van der Waals surface area (Å²) in [5.74, 6) is 1.89. The molecule has 1 aliphatic carbocycles. The third-order valence-electron chi connectivity index (χ3n) is 6.93. The van der Waals surface area contributed by atoms with Crippen LogP contribution in [0.4, 0.5) is 5.82 Å². The Morgan fingerprint density at radius 2 is 2.03 bits per heavy atom. The zero-order valence-electron chi connectivity index (χ0n) is 19.5. The molecule has 7 heteroatoms. The van der Waals surface area contributed by atoms with Gasteiger partial charge in [0.25, 0.3) is 0 Å². The Morgan fingerprint density at radius 3 is 2.78 bits per heavy atom. The molecule has 3 aliphatic rings. The Kier molecular flexibility index (Phi) is 5.63. The van der Waals surface area contributed by atoms with Gasteiger partial charge in [-0.15, -0.1) is 0 Å². The van der Waals surface area contributed by atoms with Gasteiger partial charge in [0.1, 0.15) is 23.5 Å². The Labute approximate surface area is 190 Å². The molecule has 0 radical (unpaired) electrons. The Morgan fingerprint density at radius 1 is 1.19 bits per heavy atom. The van der Waals surface area contributed by atoms with E-state index in [1.165, 1.54) is 5.56 Å². The van der Waals surface area contributed by atoms with Crippen LogP contribution in [0.15, 0.2) is 35.6 Å². The maximum Gasteiger partial charge on any atom is 0.132 e. The number of methoxy groups -OCH3 is 1. The number of aromatic nitrogens is 2. The minimum atomic E-state index is 0.00578. The minimum absolute atomic E-state index is 0.00578. The zero-order chi connectivity index (χ0) is 22.3. The molecular formula is C25H33N5O2. The number of hydrogen-bond donors (Lipinski definition) is 0. The smallest absolute Gasteiger partial charge is 0.132 e. The molecular weight excluding hydrogens is 402 g/mol. The highest BCUT2D eigenvalue weighted by molar-refractivity contribution is 6.14. The van der Waals surface area contributed by atoms with E-state index in [4.69, 9.17) is 14.5 Å². The van der Waals surface area contributed by atoms with Crippen LogP contribution in [0.1, 0.15) is 50.4 Å². The fourth-order valence-corrected chi connectivity index (χ4v) is 4.83. The Hall–Kier alpha value is -2.51. The Bertz CT molecular complexity index is 1020. The molecule has 1 unspecified atom stereocenters. The summed E-state index contributed by atoms with van der Waals surface area (Å²) in [6.07, 6.45) is 3.91. The highest BCUT2D eigenvalue weighted by atomic mass is 16.5. The van der Waals surface area contributed by atoms with Crippen molar-refractivity contribution in [2.24, 2.45) is 4.99 Å². The highest BCUT2D eigenvalue weighted by Crippen LogP contribution is 2.40. The van der Waals surface area contributed by atoms with E-state index in [0.717, 1.165) is 67.6 Å². The van der Waals surface area contributed by atoms with Crippen molar-refractivity contribution in [1.82, 2.24) is 14.9 Å². The van der Waals surface area contributed by atoms with Crippen LogP contribution < -0.4 is 9.64 Å². The number of piperazine rings is 1. The van der Waals surface area contributed by atoms with Gasteiger partial charge >= 0.3 is 0 Å². The lowest BCUT2D eigenvalue weighted by atomic mass is 10.0. The molecule has 1 aromatic heterocycles. The van der Waals surface area contributed by atoms with Gasteiger partial charge in [-0.3, -0.25) is 9.89 Å². The predicted molar refractivity (Wildman–Crippen MR) is 126 cm³/mol. The molecule has 170 valence electrons. The van der Waals surface area contributed by atoms with Crippen LogP contribution in [-0.4, -0.2) is 71.6 Å². The van der Waals surface area contributed by atoms with Gasteiger partial charge in [0.15, 0.2) is 0 Å². The van der Waals surface area contributed by atoms with Crippen molar-refractivity contribution in [2.45, 2.75) is 57.8 Å². The van der Waals surface area contributed by atoms with Crippen molar-refractivity contribution in [3.63, 3.8) is 0 Å². The van der Waals surface area contributed by atoms with Crippen LogP contribution in [0.5, 0.6) is 5.75 Å². The summed E-state index contributed by atoms with van der Waals surface area (Å²) in [7, 11) is 1.77. The summed E-state index contributed by atoms with van der Waals surface area (Å²) in [5.41, 5.74) is 4.18. The number of rotatable bonds is 7. The van der Waals surface area contributed by atoms with Crippen molar-refractivity contribution in [1.29, 1.82) is 0 Å². The van der Waals surface area contributed by atoms with Gasteiger partial charge in [-0.25, -0.2) is 9.97 Å². The van der Waals surface area contributed by atoms with Crippen molar-refractivity contribution < 1.29 is 9.47 Å². The van der Waals surface area contributed by atoms with Crippen LogP contribution in [0.2, 0.25) is 0 Å². The average Bonchev–Trinajstić information content (AvgIpc) is 3.36. The van der Waals surface area contributed by atoms with Crippen LogP contribution in [0.3, 0.4) is 0 Å². The lowest BCUT2D eigenvalue weighted by Gasteiger charge is -2.43. The van der Waals surface area contributed by atoms with Gasteiger partial charge in [-0.1, -0.05) is 6.07 Å². The molecule has 2 fully saturated rings. The molecule has 2 atom stereocenters. The number of nitrogens with zero attached hydrogens (tertiary/aromatic N) is 5. The minimum Gasteiger partial charge on any atom is -0.488 e. The number of hydrogen-bond acceptors (Lipinski definition) is 7. The molecule has 0 N–H and O–H groups in total. The summed E-state index contributed by atoms with van der Waals surface area (Å²) in [5, 5.41) is 0. The third kappa shape index (κ3) is 4.24. The number of ether oxygens (including phenoxy) is 2. The van der Waals surface area contributed by atoms with Crippen LogP contribution in [0, 0.1) is 0 Å². The van der Waals surface area contributed by atoms with Crippen LogP contribution >= 0.6 is 0 Å². The van der Waals surface area contributed by atoms with E-state index in [1.807, 2.05) is 0 Å². The first-order valence-corrected chi connectivity index (χ1v) is 11.6. The molecule has 2 aromatic rings. The molecule has 1 saturated carbocycles. The van der Waals surface area contributed by atoms with Gasteiger partial charge in [0.05, 0.1) is 24.6 Å². The third-order valence-corrected chi connectivity index (χ3v) is 6.93. The summed E-state index contributed by atoms with van der Waals surface area (Å²) >= 11 is 0. The summed E-state index contributed by atoms with van der Waals surface area (Å²) in [6.45, 7) is 11.0. The van der Waals surface area contributed by atoms with Gasteiger partial charge < -0.3 is 14.4 Å². The number of benzene rings is 1. The molecule has 1 saturated heterocycles. The first-order chi connectivity index (χ1) is 15.5. The van der Waals surface area contributed by atoms with Gasteiger partial charge in [-0.05, 0) is 51.3 Å². The standard InChI is InChI=1S/C25H33N5O2/c1-17-14-29(9-10-30(17)18(2)15-31-4)23-12-22(27-16-28-23)24-21-11-20(32-25(3)7-8-25)6-5-19(21)13-26-24/h5-6,11-12,16-18H,7-10,13-15H2,1-4H3/t17-,18?/m0/s1. The maximum atomic E-state index is 6.19. The quantitative estimate of drug-likeness (QED) is 0.665. The molecule has 7 nitrogen and oxygen atoms in total. The molecule has 2 aliphatic heterocycles.